The molecule has 1 fully saturated rings. The first-order valence-electron chi connectivity index (χ1n) is 7.61. The van der Waals surface area contributed by atoms with Gasteiger partial charge in [-0.25, -0.2) is 4.98 Å². The molecule has 112 valence electrons. The SMILES string of the molecule is Cc1csc(C2CN(CCCc3ccccc3)CCO2)n1. The Morgan fingerprint density at radius 3 is 2.95 bits per heavy atom. The number of nitrogens with zero attached hydrogens (tertiary/aromatic N) is 2. The van der Waals surface area contributed by atoms with Crippen LogP contribution in [0.4, 0.5) is 0 Å². The molecule has 0 radical (unpaired) electrons. The molecule has 3 rings (SSSR count). The number of morpholine rings is 1. The normalized spacial score (nSPS) is 19.8. The number of thiazole rings is 1. The number of hydrogen-bond acceptors (Lipinski definition) is 4. The predicted octanol–water partition coefficient (Wildman–Crippen LogP) is 3.46. The summed E-state index contributed by atoms with van der Waals surface area (Å²) in [5.74, 6) is 0. The fraction of sp³-hybridized carbons (Fsp3) is 0.471. The van der Waals surface area contributed by atoms with Gasteiger partial charge >= 0.3 is 0 Å². The van der Waals surface area contributed by atoms with Gasteiger partial charge in [0, 0.05) is 24.2 Å². The van der Waals surface area contributed by atoms with Gasteiger partial charge in [0.15, 0.2) is 0 Å². The maximum atomic E-state index is 5.88. The van der Waals surface area contributed by atoms with E-state index < -0.39 is 0 Å². The third-order valence-electron chi connectivity index (χ3n) is 3.85. The van der Waals surface area contributed by atoms with E-state index in [9.17, 15) is 0 Å². The smallest absolute Gasteiger partial charge is 0.123 e. The van der Waals surface area contributed by atoms with Gasteiger partial charge in [-0.1, -0.05) is 30.3 Å². The van der Waals surface area contributed by atoms with E-state index in [1.54, 1.807) is 11.3 Å². The molecule has 1 saturated heterocycles. The molecule has 0 amide bonds. The van der Waals surface area contributed by atoms with Crippen molar-refractivity contribution in [2.75, 3.05) is 26.2 Å². The average molecular weight is 302 g/mol. The van der Waals surface area contributed by atoms with Crippen LogP contribution in [0.15, 0.2) is 35.7 Å². The minimum absolute atomic E-state index is 0.161. The third kappa shape index (κ3) is 4.13. The lowest BCUT2D eigenvalue weighted by Gasteiger charge is -2.31. The van der Waals surface area contributed by atoms with E-state index in [0.717, 1.165) is 43.4 Å². The van der Waals surface area contributed by atoms with Crippen LogP contribution in [0.2, 0.25) is 0 Å². The highest BCUT2D eigenvalue weighted by atomic mass is 32.1. The predicted molar refractivity (Wildman–Crippen MR) is 86.7 cm³/mol. The second-order valence-electron chi connectivity index (χ2n) is 5.58. The van der Waals surface area contributed by atoms with Crippen molar-refractivity contribution in [3.8, 4) is 0 Å². The molecule has 4 heteroatoms. The van der Waals surface area contributed by atoms with Gasteiger partial charge in [0.2, 0.25) is 0 Å². The molecule has 1 aromatic heterocycles. The first-order valence-corrected chi connectivity index (χ1v) is 8.49. The van der Waals surface area contributed by atoms with Crippen LogP contribution in [0.5, 0.6) is 0 Å². The Bertz CT molecular complexity index is 555. The Morgan fingerprint density at radius 2 is 2.19 bits per heavy atom. The van der Waals surface area contributed by atoms with E-state index in [4.69, 9.17) is 4.74 Å². The van der Waals surface area contributed by atoms with Crippen molar-refractivity contribution < 1.29 is 4.74 Å². The summed E-state index contributed by atoms with van der Waals surface area (Å²) in [6.07, 6.45) is 2.52. The zero-order valence-electron chi connectivity index (χ0n) is 12.5. The molecule has 1 atom stereocenters. The molecule has 1 unspecified atom stereocenters. The molecule has 0 aliphatic carbocycles. The monoisotopic (exact) mass is 302 g/mol. The van der Waals surface area contributed by atoms with Gasteiger partial charge in [0.25, 0.3) is 0 Å². The van der Waals surface area contributed by atoms with Gasteiger partial charge in [0.1, 0.15) is 11.1 Å². The lowest BCUT2D eigenvalue weighted by Crippen LogP contribution is -2.38. The van der Waals surface area contributed by atoms with E-state index in [0.29, 0.717) is 0 Å². The average Bonchev–Trinajstić information content (AvgIpc) is 2.95. The number of aromatic nitrogens is 1. The summed E-state index contributed by atoms with van der Waals surface area (Å²) in [6.45, 7) is 6.01. The minimum Gasteiger partial charge on any atom is -0.368 e. The Hall–Kier alpha value is -1.23. The maximum absolute atomic E-state index is 5.88. The summed E-state index contributed by atoms with van der Waals surface area (Å²) in [5, 5.41) is 3.23. The quantitative estimate of drug-likeness (QED) is 0.846. The van der Waals surface area contributed by atoms with Crippen LogP contribution >= 0.6 is 11.3 Å². The second kappa shape index (κ2) is 7.16. The van der Waals surface area contributed by atoms with Crippen LogP contribution in [-0.2, 0) is 11.2 Å². The molecule has 1 aliphatic rings. The molecule has 1 aliphatic heterocycles. The summed E-state index contributed by atoms with van der Waals surface area (Å²) in [5.41, 5.74) is 2.53. The Kier molecular flexibility index (Phi) is 5.01. The van der Waals surface area contributed by atoms with Crippen molar-refractivity contribution in [1.29, 1.82) is 0 Å². The summed E-state index contributed by atoms with van der Waals surface area (Å²) in [6, 6.07) is 10.7. The molecule has 2 aromatic rings. The van der Waals surface area contributed by atoms with Gasteiger partial charge in [-0.15, -0.1) is 11.3 Å². The molecule has 2 heterocycles. The first-order chi connectivity index (χ1) is 10.3. The molecular formula is C17H22N2OS. The van der Waals surface area contributed by atoms with Crippen LogP contribution in [-0.4, -0.2) is 36.1 Å². The molecule has 3 nitrogen and oxygen atoms in total. The third-order valence-corrected chi connectivity index (χ3v) is 4.90. The van der Waals surface area contributed by atoms with E-state index >= 15 is 0 Å². The van der Waals surface area contributed by atoms with E-state index in [2.05, 4.69) is 45.6 Å². The zero-order chi connectivity index (χ0) is 14.5. The topological polar surface area (TPSA) is 25.4 Å². The van der Waals surface area contributed by atoms with Gasteiger partial charge < -0.3 is 4.74 Å². The molecule has 0 saturated carbocycles. The summed E-state index contributed by atoms with van der Waals surface area (Å²) in [7, 11) is 0. The highest BCUT2D eigenvalue weighted by molar-refractivity contribution is 7.09. The van der Waals surface area contributed by atoms with Crippen LogP contribution in [0.25, 0.3) is 0 Å². The van der Waals surface area contributed by atoms with Crippen LogP contribution < -0.4 is 0 Å². The molecular weight excluding hydrogens is 280 g/mol. The van der Waals surface area contributed by atoms with Crippen molar-refractivity contribution in [2.24, 2.45) is 0 Å². The first kappa shape index (κ1) is 14.7. The number of benzene rings is 1. The van der Waals surface area contributed by atoms with Crippen LogP contribution in [0.3, 0.4) is 0 Å². The number of hydrogen-bond donors (Lipinski definition) is 0. The standard InChI is InChI=1S/C17H22N2OS/c1-14-13-21-17(18-14)16-12-19(10-11-20-16)9-5-8-15-6-3-2-4-7-15/h2-4,6-7,13,16H,5,8-12H2,1H3. The Balaban J connectivity index is 1.48. The van der Waals surface area contributed by atoms with Gasteiger partial charge in [-0.3, -0.25) is 4.90 Å². The second-order valence-corrected chi connectivity index (χ2v) is 6.47. The van der Waals surface area contributed by atoms with E-state index in [1.165, 1.54) is 12.0 Å². The fourth-order valence-electron chi connectivity index (χ4n) is 2.73. The Morgan fingerprint density at radius 1 is 1.33 bits per heavy atom. The van der Waals surface area contributed by atoms with Crippen molar-refractivity contribution in [1.82, 2.24) is 9.88 Å². The largest absolute Gasteiger partial charge is 0.368 e. The zero-order valence-corrected chi connectivity index (χ0v) is 13.3. The molecule has 0 N–H and O–H groups in total. The van der Waals surface area contributed by atoms with Crippen molar-refractivity contribution >= 4 is 11.3 Å². The van der Waals surface area contributed by atoms with Crippen molar-refractivity contribution in [2.45, 2.75) is 25.9 Å². The summed E-state index contributed by atoms with van der Waals surface area (Å²) in [4.78, 5) is 7.07. The maximum Gasteiger partial charge on any atom is 0.123 e. The van der Waals surface area contributed by atoms with E-state index in [-0.39, 0.29) is 6.10 Å². The van der Waals surface area contributed by atoms with Crippen molar-refractivity contribution in [3.05, 3.63) is 52.0 Å². The fourth-order valence-corrected chi connectivity index (χ4v) is 3.56. The van der Waals surface area contributed by atoms with Gasteiger partial charge in [-0.2, -0.15) is 0 Å². The highest BCUT2D eigenvalue weighted by Gasteiger charge is 2.23. The highest BCUT2D eigenvalue weighted by Crippen LogP contribution is 2.25. The molecule has 21 heavy (non-hydrogen) atoms. The van der Waals surface area contributed by atoms with Gasteiger partial charge in [0.05, 0.1) is 6.61 Å². The van der Waals surface area contributed by atoms with Gasteiger partial charge in [-0.05, 0) is 31.9 Å². The Labute approximate surface area is 130 Å². The van der Waals surface area contributed by atoms with Crippen LogP contribution in [0, 0.1) is 6.92 Å². The molecule has 1 aromatic carbocycles. The lowest BCUT2D eigenvalue weighted by molar-refractivity contribution is -0.0303. The van der Waals surface area contributed by atoms with Crippen LogP contribution in [0.1, 0.15) is 28.8 Å². The summed E-state index contributed by atoms with van der Waals surface area (Å²) >= 11 is 1.72. The molecule has 0 bridgehead atoms. The number of rotatable bonds is 5. The number of aryl methyl sites for hydroxylation is 2. The van der Waals surface area contributed by atoms with E-state index in [1.807, 2.05) is 6.92 Å². The molecule has 0 spiro atoms. The van der Waals surface area contributed by atoms with Crippen molar-refractivity contribution in [3.63, 3.8) is 0 Å². The number of ether oxygens (including phenoxy) is 1. The lowest BCUT2D eigenvalue weighted by atomic mass is 10.1. The summed E-state index contributed by atoms with van der Waals surface area (Å²) < 4.78 is 5.88. The minimum atomic E-state index is 0.161.